The Morgan fingerprint density at radius 2 is 1.65 bits per heavy atom. The molecule has 0 fully saturated rings. The first kappa shape index (κ1) is 25.0. The molecule has 5 aromatic rings. The molecule has 0 saturated carbocycles. The van der Waals surface area contributed by atoms with E-state index >= 15 is 0 Å². The first-order valence-electron chi connectivity index (χ1n) is 13.1. The molecule has 2 N–H and O–H groups in total. The number of urea groups is 1. The van der Waals surface area contributed by atoms with Crippen LogP contribution in [0.25, 0.3) is 10.8 Å². The number of anilines is 2. The molecule has 4 aromatic carbocycles. The van der Waals surface area contributed by atoms with Crippen LogP contribution in [0.1, 0.15) is 22.4 Å². The number of amides is 3. The summed E-state index contributed by atoms with van der Waals surface area (Å²) in [5.41, 5.74) is 5.37. The third kappa shape index (κ3) is 5.05. The van der Waals surface area contributed by atoms with Gasteiger partial charge in [-0.25, -0.2) is 9.79 Å². The molecule has 196 valence electrons. The molecule has 6 rings (SSSR count). The number of aromatic nitrogens is 1. The minimum atomic E-state index is -1.16. The van der Waals surface area contributed by atoms with Crippen molar-refractivity contribution in [3.8, 4) is 0 Å². The minimum absolute atomic E-state index is 0.215. The number of pyridine rings is 1. The van der Waals surface area contributed by atoms with Gasteiger partial charge in [0.15, 0.2) is 0 Å². The Bertz CT molecular complexity index is 1740. The van der Waals surface area contributed by atoms with E-state index in [-0.39, 0.29) is 12.5 Å². The maximum absolute atomic E-state index is 14.2. The molecule has 40 heavy (non-hydrogen) atoms. The van der Waals surface area contributed by atoms with Crippen molar-refractivity contribution in [1.82, 2.24) is 10.3 Å². The summed E-state index contributed by atoms with van der Waals surface area (Å²) in [7, 11) is 0. The smallest absolute Gasteiger partial charge is 0.308 e. The van der Waals surface area contributed by atoms with Gasteiger partial charge in [-0.3, -0.25) is 9.78 Å². The van der Waals surface area contributed by atoms with E-state index in [1.165, 1.54) is 0 Å². The van der Waals surface area contributed by atoms with Crippen LogP contribution in [-0.2, 0) is 11.3 Å². The van der Waals surface area contributed by atoms with Gasteiger partial charge < -0.3 is 15.5 Å². The molecule has 0 radical (unpaired) electrons. The molecule has 7 nitrogen and oxygen atoms in total. The van der Waals surface area contributed by atoms with Crippen molar-refractivity contribution < 1.29 is 9.59 Å². The largest absolute Gasteiger partial charge is 0.321 e. The zero-order valence-corrected chi connectivity index (χ0v) is 21.9. The first-order valence-corrected chi connectivity index (χ1v) is 13.1. The van der Waals surface area contributed by atoms with Crippen molar-refractivity contribution in [3.05, 3.63) is 138 Å². The zero-order chi connectivity index (χ0) is 27.5. The Kier molecular flexibility index (Phi) is 6.77. The van der Waals surface area contributed by atoms with Crippen LogP contribution in [0.2, 0.25) is 0 Å². The third-order valence-electron chi connectivity index (χ3n) is 6.86. The average Bonchev–Trinajstić information content (AvgIpc) is 3.08. The quantitative estimate of drug-likeness (QED) is 0.292. The number of para-hydroxylation sites is 1. The lowest BCUT2D eigenvalue weighted by Gasteiger charge is -2.25. The van der Waals surface area contributed by atoms with E-state index in [9.17, 15) is 9.59 Å². The third-order valence-corrected chi connectivity index (χ3v) is 6.86. The summed E-state index contributed by atoms with van der Waals surface area (Å²) in [6, 6.07) is 34.2. The van der Waals surface area contributed by atoms with Gasteiger partial charge in [0, 0.05) is 28.4 Å². The SMILES string of the molecule is Cc1cccc(NC(=O)N[C@@H]2N=C(c3ccccc3)c3ccccc3N(Cc3nccc4ccccc34)C2=O)c1. The number of hydrogen-bond donors (Lipinski definition) is 2. The van der Waals surface area contributed by atoms with Crippen molar-refractivity contribution in [2.75, 3.05) is 10.2 Å². The lowest BCUT2D eigenvalue weighted by atomic mass is 10.00. The van der Waals surface area contributed by atoms with E-state index in [1.54, 1.807) is 17.2 Å². The van der Waals surface area contributed by atoms with Crippen LogP contribution in [0.5, 0.6) is 0 Å². The number of aryl methyl sites for hydroxylation is 1. The molecule has 0 spiro atoms. The number of benzene rings is 4. The predicted octanol–water partition coefficient (Wildman–Crippen LogP) is 6.08. The fraction of sp³-hybridized carbons (Fsp3) is 0.0909. The van der Waals surface area contributed by atoms with Gasteiger partial charge in [0.05, 0.1) is 23.6 Å². The van der Waals surface area contributed by atoms with E-state index in [0.29, 0.717) is 17.1 Å². The molecule has 0 bridgehead atoms. The van der Waals surface area contributed by atoms with Crippen LogP contribution in [0.15, 0.2) is 120 Å². The van der Waals surface area contributed by atoms with E-state index < -0.39 is 12.2 Å². The number of carbonyl (C=O) groups excluding carboxylic acids is 2. The highest BCUT2D eigenvalue weighted by Gasteiger charge is 2.33. The van der Waals surface area contributed by atoms with Crippen LogP contribution in [0.4, 0.5) is 16.2 Å². The van der Waals surface area contributed by atoms with E-state index in [2.05, 4.69) is 15.6 Å². The number of aliphatic imine (C=N–C) groups is 1. The number of fused-ring (bicyclic) bond motifs is 2. The van der Waals surface area contributed by atoms with Crippen molar-refractivity contribution in [3.63, 3.8) is 0 Å². The number of nitrogens with one attached hydrogen (secondary N) is 2. The topological polar surface area (TPSA) is 86.7 Å². The van der Waals surface area contributed by atoms with Gasteiger partial charge in [0.1, 0.15) is 0 Å². The number of benzodiazepines with no additional fused rings is 1. The van der Waals surface area contributed by atoms with Gasteiger partial charge in [-0.15, -0.1) is 0 Å². The zero-order valence-electron chi connectivity index (χ0n) is 21.9. The van der Waals surface area contributed by atoms with E-state index in [1.807, 2.05) is 110 Å². The van der Waals surface area contributed by atoms with Crippen molar-refractivity contribution >= 4 is 39.8 Å². The molecule has 1 atom stereocenters. The van der Waals surface area contributed by atoms with Gasteiger partial charge >= 0.3 is 6.03 Å². The minimum Gasteiger partial charge on any atom is -0.308 e. The summed E-state index contributed by atoms with van der Waals surface area (Å²) in [4.78, 5) is 38.5. The second-order valence-corrected chi connectivity index (χ2v) is 9.63. The Hall–Kier alpha value is -5.30. The van der Waals surface area contributed by atoms with Crippen LogP contribution in [0, 0.1) is 6.92 Å². The fourth-order valence-electron chi connectivity index (χ4n) is 4.98. The average molecular weight is 526 g/mol. The highest BCUT2D eigenvalue weighted by Crippen LogP contribution is 2.30. The summed E-state index contributed by atoms with van der Waals surface area (Å²) in [5, 5.41) is 7.65. The highest BCUT2D eigenvalue weighted by atomic mass is 16.2. The second-order valence-electron chi connectivity index (χ2n) is 9.63. The Morgan fingerprint density at radius 3 is 2.50 bits per heavy atom. The van der Waals surface area contributed by atoms with Crippen LogP contribution < -0.4 is 15.5 Å². The monoisotopic (exact) mass is 525 g/mol. The van der Waals surface area contributed by atoms with Crippen molar-refractivity contribution in [2.24, 2.45) is 4.99 Å². The predicted molar refractivity (Wildman–Crippen MR) is 159 cm³/mol. The van der Waals surface area contributed by atoms with E-state index in [0.717, 1.165) is 33.2 Å². The second kappa shape index (κ2) is 10.8. The summed E-state index contributed by atoms with van der Waals surface area (Å²) in [6.07, 6.45) is 0.588. The van der Waals surface area contributed by atoms with Crippen LogP contribution in [0.3, 0.4) is 0 Å². The molecule has 1 aromatic heterocycles. The molecule has 3 amide bonds. The molecular formula is C33H27N5O2. The summed E-state index contributed by atoms with van der Waals surface area (Å²) < 4.78 is 0. The molecule has 2 heterocycles. The number of carbonyl (C=O) groups is 2. The van der Waals surface area contributed by atoms with Gasteiger partial charge in [-0.05, 0) is 42.1 Å². The summed E-state index contributed by atoms with van der Waals surface area (Å²) in [5.74, 6) is -0.354. The number of nitrogens with zero attached hydrogens (tertiary/aromatic N) is 3. The van der Waals surface area contributed by atoms with Crippen molar-refractivity contribution in [2.45, 2.75) is 19.6 Å². The molecule has 1 aliphatic heterocycles. The molecule has 0 aliphatic carbocycles. The maximum Gasteiger partial charge on any atom is 0.321 e. The molecule has 1 aliphatic rings. The summed E-state index contributed by atoms with van der Waals surface area (Å²) >= 11 is 0. The molecule has 7 heteroatoms. The lowest BCUT2D eigenvalue weighted by molar-refractivity contribution is -0.120. The fourth-order valence-corrected chi connectivity index (χ4v) is 4.98. The number of rotatable bonds is 5. The Labute approximate surface area is 232 Å². The normalized spacial score (nSPS) is 14.7. The van der Waals surface area contributed by atoms with E-state index in [4.69, 9.17) is 4.99 Å². The standard InChI is InChI=1S/C33H27N5O2/c1-22-10-9-14-25(20-22)35-33(40)37-31-32(39)38(21-28-26-15-6-5-11-23(26)18-19-34-28)29-17-8-7-16-27(29)30(36-31)24-12-3-2-4-13-24/h2-20,31H,21H2,1H3,(H2,35,37,40)/t31-/m0/s1. The lowest BCUT2D eigenvalue weighted by Crippen LogP contribution is -2.48. The Balaban J connectivity index is 1.43. The number of hydrogen-bond acceptors (Lipinski definition) is 4. The summed E-state index contributed by atoms with van der Waals surface area (Å²) in [6.45, 7) is 2.16. The highest BCUT2D eigenvalue weighted by molar-refractivity contribution is 6.20. The van der Waals surface area contributed by atoms with Crippen LogP contribution >= 0.6 is 0 Å². The molecule has 0 saturated heterocycles. The van der Waals surface area contributed by atoms with Crippen LogP contribution in [-0.4, -0.2) is 28.8 Å². The van der Waals surface area contributed by atoms with Gasteiger partial charge in [0.25, 0.3) is 5.91 Å². The van der Waals surface area contributed by atoms with Crippen molar-refractivity contribution in [1.29, 1.82) is 0 Å². The van der Waals surface area contributed by atoms with Gasteiger partial charge in [0.2, 0.25) is 6.17 Å². The Morgan fingerprint density at radius 1 is 0.875 bits per heavy atom. The molecular weight excluding hydrogens is 498 g/mol. The van der Waals surface area contributed by atoms with Gasteiger partial charge in [-0.2, -0.15) is 0 Å². The maximum atomic E-state index is 14.2. The molecule has 0 unspecified atom stereocenters. The van der Waals surface area contributed by atoms with Gasteiger partial charge in [-0.1, -0.05) is 84.9 Å². The first-order chi connectivity index (χ1) is 19.6.